The van der Waals surface area contributed by atoms with Gasteiger partial charge in [-0.3, -0.25) is 5.32 Å². The Morgan fingerprint density at radius 3 is 3.05 bits per heavy atom. The summed E-state index contributed by atoms with van der Waals surface area (Å²) in [5.74, 6) is 1.86. The van der Waals surface area contributed by atoms with Crippen LogP contribution in [-0.4, -0.2) is 27.7 Å². The summed E-state index contributed by atoms with van der Waals surface area (Å²) in [6, 6.07) is 7.05. The molecule has 1 N–H and O–H groups in total. The van der Waals surface area contributed by atoms with Crippen molar-refractivity contribution >= 4 is 11.8 Å². The van der Waals surface area contributed by atoms with Crippen LogP contribution < -0.4 is 5.32 Å². The molecule has 2 atom stereocenters. The minimum atomic E-state index is -0.163. The van der Waals surface area contributed by atoms with Crippen LogP contribution in [0, 0.1) is 5.92 Å². The zero-order chi connectivity index (χ0) is 14.7. The predicted molar refractivity (Wildman–Crippen MR) is 77.6 cm³/mol. The van der Waals surface area contributed by atoms with Crippen LogP contribution in [0.4, 0.5) is 10.6 Å². The highest BCUT2D eigenvalue weighted by Gasteiger charge is 2.32. The second kappa shape index (κ2) is 5.95. The first kappa shape index (κ1) is 13.6. The second-order valence-corrected chi connectivity index (χ2v) is 5.39. The summed E-state index contributed by atoms with van der Waals surface area (Å²) in [5, 5.41) is 10.4. The fraction of sp³-hybridized carbons (Fsp3) is 0.400. The smallest absolute Gasteiger partial charge is 0.323 e. The summed E-state index contributed by atoms with van der Waals surface area (Å²) >= 11 is 0. The summed E-state index contributed by atoms with van der Waals surface area (Å²) in [6.45, 7) is 2.91. The van der Waals surface area contributed by atoms with Crippen molar-refractivity contribution in [3.8, 4) is 0 Å². The maximum absolute atomic E-state index is 12.5. The normalized spacial score (nSPS) is 22.0. The van der Waals surface area contributed by atoms with E-state index in [4.69, 9.17) is 4.42 Å². The largest absolute Gasteiger partial charge is 0.467 e. The Morgan fingerprint density at radius 2 is 2.33 bits per heavy atom. The van der Waals surface area contributed by atoms with E-state index in [1.54, 1.807) is 24.6 Å². The molecule has 1 fully saturated rings. The number of urea groups is 1. The number of rotatable bonds is 2. The molecule has 21 heavy (non-hydrogen) atoms. The Kier molecular flexibility index (Phi) is 3.85. The Labute approximate surface area is 123 Å². The molecule has 0 spiro atoms. The van der Waals surface area contributed by atoms with Gasteiger partial charge in [-0.05, 0) is 43.0 Å². The standard InChI is InChI=1S/C15H18N4O2/c1-11-6-8-19(12(10-11)13-4-3-9-21-13)15(20)17-14-5-2-7-16-18-14/h2-5,7,9,11-12H,6,8,10H2,1H3,(H,17,18,20). The van der Waals surface area contributed by atoms with E-state index in [0.717, 1.165) is 18.6 Å². The lowest BCUT2D eigenvalue weighted by atomic mass is 9.91. The van der Waals surface area contributed by atoms with E-state index in [9.17, 15) is 4.79 Å². The number of furan rings is 1. The van der Waals surface area contributed by atoms with E-state index in [1.807, 2.05) is 17.0 Å². The fourth-order valence-electron chi connectivity index (χ4n) is 2.68. The highest BCUT2D eigenvalue weighted by Crippen LogP contribution is 2.34. The minimum Gasteiger partial charge on any atom is -0.467 e. The summed E-state index contributed by atoms with van der Waals surface area (Å²) in [5.41, 5.74) is 0. The van der Waals surface area contributed by atoms with E-state index < -0.39 is 0 Å². The molecule has 3 heterocycles. The van der Waals surface area contributed by atoms with E-state index in [1.165, 1.54) is 0 Å². The molecule has 6 heteroatoms. The van der Waals surface area contributed by atoms with Gasteiger partial charge in [0.05, 0.1) is 12.3 Å². The molecule has 2 aromatic rings. The zero-order valence-corrected chi connectivity index (χ0v) is 11.9. The molecule has 110 valence electrons. The lowest BCUT2D eigenvalue weighted by Gasteiger charge is -2.37. The molecule has 1 aliphatic rings. The molecule has 2 amide bonds. The number of nitrogens with one attached hydrogen (secondary N) is 1. The lowest BCUT2D eigenvalue weighted by molar-refractivity contribution is 0.129. The number of aromatic nitrogens is 2. The number of carbonyl (C=O) groups is 1. The molecular weight excluding hydrogens is 268 g/mol. The van der Waals surface area contributed by atoms with Crippen molar-refractivity contribution in [3.63, 3.8) is 0 Å². The fourth-order valence-corrected chi connectivity index (χ4v) is 2.68. The van der Waals surface area contributed by atoms with Gasteiger partial charge >= 0.3 is 6.03 Å². The molecule has 0 bridgehead atoms. The van der Waals surface area contributed by atoms with E-state index in [0.29, 0.717) is 18.3 Å². The van der Waals surface area contributed by atoms with Crippen LogP contribution in [0.3, 0.4) is 0 Å². The van der Waals surface area contributed by atoms with Crippen molar-refractivity contribution in [1.82, 2.24) is 15.1 Å². The second-order valence-electron chi connectivity index (χ2n) is 5.39. The summed E-state index contributed by atoms with van der Waals surface area (Å²) in [6.07, 6.45) is 5.11. The SMILES string of the molecule is CC1CCN(C(=O)Nc2cccnn2)C(c2ccco2)C1. The Bertz CT molecular complexity index is 585. The van der Waals surface area contributed by atoms with Crippen LogP contribution in [0.25, 0.3) is 0 Å². The number of likely N-dealkylation sites (tertiary alicyclic amines) is 1. The van der Waals surface area contributed by atoms with Gasteiger partial charge < -0.3 is 9.32 Å². The number of carbonyl (C=O) groups excluding carboxylic acids is 1. The third kappa shape index (κ3) is 3.04. The van der Waals surface area contributed by atoms with Gasteiger partial charge in [0, 0.05) is 12.7 Å². The van der Waals surface area contributed by atoms with Crippen LogP contribution in [0.2, 0.25) is 0 Å². The summed E-state index contributed by atoms with van der Waals surface area (Å²) < 4.78 is 5.50. The van der Waals surface area contributed by atoms with Gasteiger partial charge in [0.25, 0.3) is 0 Å². The molecule has 3 rings (SSSR count). The number of amides is 2. The third-order valence-electron chi connectivity index (χ3n) is 3.80. The van der Waals surface area contributed by atoms with E-state index in [-0.39, 0.29) is 12.1 Å². The van der Waals surface area contributed by atoms with Crippen LogP contribution in [-0.2, 0) is 0 Å². The van der Waals surface area contributed by atoms with Crippen molar-refractivity contribution in [3.05, 3.63) is 42.5 Å². The predicted octanol–water partition coefficient (Wildman–Crippen LogP) is 3.07. The molecule has 1 saturated heterocycles. The quantitative estimate of drug-likeness (QED) is 0.921. The topological polar surface area (TPSA) is 71.3 Å². The molecular formula is C15H18N4O2. The number of piperidine rings is 1. The maximum Gasteiger partial charge on any atom is 0.323 e. The first-order valence-corrected chi connectivity index (χ1v) is 7.13. The monoisotopic (exact) mass is 286 g/mol. The molecule has 2 unspecified atom stereocenters. The number of anilines is 1. The van der Waals surface area contributed by atoms with Crippen molar-refractivity contribution in [2.75, 3.05) is 11.9 Å². The molecule has 0 aromatic carbocycles. The summed E-state index contributed by atoms with van der Waals surface area (Å²) in [7, 11) is 0. The van der Waals surface area contributed by atoms with Gasteiger partial charge in [-0.25, -0.2) is 4.79 Å². The molecule has 1 aliphatic heterocycles. The van der Waals surface area contributed by atoms with Crippen molar-refractivity contribution < 1.29 is 9.21 Å². The minimum absolute atomic E-state index is 0.0274. The molecule has 6 nitrogen and oxygen atoms in total. The molecule has 0 aliphatic carbocycles. The van der Waals surface area contributed by atoms with Gasteiger partial charge in [0.1, 0.15) is 5.76 Å². The van der Waals surface area contributed by atoms with Crippen molar-refractivity contribution in [2.45, 2.75) is 25.8 Å². The van der Waals surface area contributed by atoms with Crippen molar-refractivity contribution in [1.29, 1.82) is 0 Å². The number of hydrogen-bond acceptors (Lipinski definition) is 4. The first-order valence-electron chi connectivity index (χ1n) is 7.13. The van der Waals surface area contributed by atoms with Gasteiger partial charge in [0.15, 0.2) is 5.82 Å². The van der Waals surface area contributed by atoms with Crippen LogP contribution in [0.15, 0.2) is 41.1 Å². The molecule has 2 aromatic heterocycles. The summed E-state index contributed by atoms with van der Waals surface area (Å²) in [4.78, 5) is 14.3. The van der Waals surface area contributed by atoms with Crippen LogP contribution in [0.5, 0.6) is 0 Å². The molecule has 0 saturated carbocycles. The van der Waals surface area contributed by atoms with E-state index >= 15 is 0 Å². The number of nitrogens with zero attached hydrogens (tertiary/aromatic N) is 3. The highest BCUT2D eigenvalue weighted by atomic mass is 16.3. The average molecular weight is 286 g/mol. The Morgan fingerprint density at radius 1 is 1.43 bits per heavy atom. The average Bonchev–Trinajstić information content (AvgIpc) is 3.02. The van der Waals surface area contributed by atoms with Crippen molar-refractivity contribution in [2.24, 2.45) is 5.92 Å². The van der Waals surface area contributed by atoms with E-state index in [2.05, 4.69) is 22.4 Å². The third-order valence-corrected chi connectivity index (χ3v) is 3.80. The van der Waals surface area contributed by atoms with Gasteiger partial charge in [-0.2, -0.15) is 5.10 Å². The molecule has 0 radical (unpaired) electrons. The van der Waals surface area contributed by atoms with Gasteiger partial charge in [-0.15, -0.1) is 5.10 Å². The number of hydrogen-bond donors (Lipinski definition) is 1. The Hall–Kier alpha value is -2.37. The van der Waals surface area contributed by atoms with Gasteiger partial charge in [-0.1, -0.05) is 6.92 Å². The first-order chi connectivity index (χ1) is 10.2. The Balaban J connectivity index is 1.76. The van der Waals surface area contributed by atoms with Crippen LogP contribution in [0.1, 0.15) is 31.6 Å². The van der Waals surface area contributed by atoms with Crippen LogP contribution >= 0.6 is 0 Å². The zero-order valence-electron chi connectivity index (χ0n) is 11.9. The lowest BCUT2D eigenvalue weighted by Crippen LogP contribution is -2.43. The van der Waals surface area contributed by atoms with Gasteiger partial charge in [0.2, 0.25) is 0 Å². The highest BCUT2D eigenvalue weighted by molar-refractivity contribution is 5.88. The maximum atomic E-state index is 12.5.